The Morgan fingerprint density at radius 3 is 0.952 bits per heavy atom. The number of hydrogen-bond acceptors (Lipinski definition) is 10. The van der Waals surface area contributed by atoms with E-state index in [-0.39, 0.29) is 39.6 Å². The minimum absolute atomic E-state index is 0.0348. The summed E-state index contributed by atoms with van der Waals surface area (Å²) in [6, 6.07) is 5.06. The third-order valence-corrected chi connectivity index (χ3v) is 11.5. The summed E-state index contributed by atoms with van der Waals surface area (Å²) in [5, 5.41) is 9.17. The van der Waals surface area contributed by atoms with Crippen molar-refractivity contribution in [3.8, 4) is 5.75 Å². The highest BCUT2D eigenvalue weighted by atomic mass is 16.6. The molecule has 0 aromatic heterocycles. The summed E-state index contributed by atoms with van der Waals surface area (Å²) in [5.74, 6) is -2.19. The molecule has 1 aromatic carbocycles. The molecule has 0 fully saturated rings. The molecule has 10 nitrogen and oxygen atoms in total. The van der Waals surface area contributed by atoms with Gasteiger partial charge in [0.1, 0.15) is 31.8 Å². The van der Waals surface area contributed by atoms with Gasteiger partial charge in [-0.1, -0.05) is 206 Å². The fourth-order valence-corrected chi connectivity index (χ4v) is 7.67. The molecule has 10 heteroatoms. The Bertz CT molecular complexity index is 1160. The van der Waals surface area contributed by atoms with Gasteiger partial charge in [0.25, 0.3) is 0 Å². The number of aliphatic hydroxyl groups is 1. The van der Waals surface area contributed by atoms with E-state index in [0.717, 1.165) is 38.5 Å². The van der Waals surface area contributed by atoms with Gasteiger partial charge in [0.2, 0.25) is 0 Å². The van der Waals surface area contributed by atoms with Gasteiger partial charge < -0.3 is 28.8 Å². The Kier molecular flexibility index (Phi) is 40.5. The summed E-state index contributed by atoms with van der Waals surface area (Å²) in [5.41, 5.74) is 1.13. The Morgan fingerprint density at radius 2 is 0.651 bits per heavy atom. The second kappa shape index (κ2) is 44.1. The lowest BCUT2D eigenvalue weighted by Gasteiger charge is -2.12. The van der Waals surface area contributed by atoms with E-state index < -0.39 is 36.7 Å². The van der Waals surface area contributed by atoms with Crippen LogP contribution in [-0.2, 0) is 51.3 Å². The summed E-state index contributed by atoms with van der Waals surface area (Å²) in [7, 11) is 0. The Balaban J connectivity index is 2.20. The van der Waals surface area contributed by atoms with E-state index >= 15 is 0 Å². The van der Waals surface area contributed by atoms with Gasteiger partial charge in [-0.3, -0.25) is 19.2 Å². The van der Waals surface area contributed by atoms with Crippen LogP contribution >= 0.6 is 0 Å². The number of esters is 4. The van der Waals surface area contributed by atoms with E-state index in [1.54, 1.807) is 18.2 Å². The van der Waals surface area contributed by atoms with Crippen molar-refractivity contribution >= 4 is 23.9 Å². The lowest BCUT2D eigenvalue weighted by atomic mass is 10.0. The van der Waals surface area contributed by atoms with E-state index in [1.165, 1.54) is 167 Å². The number of benzene rings is 1. The second-order valence-corrected chi connectivity index (χ2v) is 17.6. The van der Waals surface area contributed by atoms with E-state index in [0.29, 0.717) is 23.3 Å². The van der Waals surface area contributed by atoms with Crippen LogP contribution in [0.4, 0.5) is 0 Å². The average molecular weight is 889 g/mol. The number of carbonyl (C=O) groups is 4. The Morgan fingerprint density at radius 1 is 0.365 bits per heavy atom. The van der Waals surface area contributed by atoms with Crippen LogP contribution in [0.3, 0.4) is 0 Å². The molecule has 0 radical (unpaired) electrons. The Labute approximate surface area is 384 Å². The van der Waals surface area contributed by atoms with Crippen LogP contribution in [0.25, 0.3) is 0 Å². The highest BCUT2D eigenvalue weighted by Gasteiger charge is 2.15. The third-order valence-electron chi connectivity index (χ3n) is 11.5. The van der Waals surface area contributed by atoms with Crippen LogP contribution < -0.4 is 4.74 Å². The molecular formula is C53H92O10. The standard InChI is InChI=1S/C53H92O10/c1-3-5-7-9-11-13-15-17-19-21-23-25-27-29-31-33-37-60-50(55)43-52(57)62-45-47-40-48(42-49(41-47)59-39-35-36-54)46-63-53(58)44-51(56)61-38-34-32-30-28-26-24-22-20-18-16-14-12-10-8-6-4-2/h40-42,54H,3-39,43-46H2,1-2H3. The maximum Gasteiger partial charge on any atom is 0.317 e. The van der Waals surface area contributed by atoms with E-state index in [9.17, 15) is 19.2 Å². The maximum absolute atomic E-state index is 12.4. The largest absolute Gasteiger partial charge is 0.493 e. The second-order valence-electron chi connectivity index (χ2n) is 17.6. The molecule has 0 aliphatic carbocycles. The molecule has 0 unspecified atom stereocenters. The highest BCUT2D eigenvalue weighted by molar-refractivity contribution is 5.91. The minimum atomic E-state index is -0.704. The van der Waals surface area contributed by atoms with Gasteiger partial charge in [0.05, 0.1) is 19.8 Å². The van der Waals surface area contributed by atoms with Crippen molar-refractivity contribution in [3.05, 3.63) is 29.3 Å². The number of carbonyl (C=O) groups excluding carboxylic acids is 4. The zero-order valence-electron chi connectivity index (χ0n) is 40.3. The molecule has 0 bridgehead atoms. The lowest BCUT2D eigenvalue weighted by Crippen LogP contribution is -2.15. The molecule has 1 N–H and O–H groups in total. The van der Waals surface area contributed by atoms with Crippen LogP contribution in [0.1, 0.15) is 250 Å². The zero-order chi connectivity index (χ0) is 45.7. The number of unbranched alkanes of at least 4 members (excludes halogenated alkanes) is 30. The van der Waals surface area contributed by atoms with Crippen molar-refractivity contribution < 1.29 is 48.0 Å². The normalized spacial score (nSPS) is 11.1. The van der Waals surface area contributed by atoms with Gasteiger partial charge in [-0.15, -0.1) is 0 Å². The molecule has 1 aromatic rings. The number of aliphatic hydroxyl groups excluding tert-OH is 1. The van der Waals surface area contributed by atoms with Gasteiger partial charge in [0.15, 0.2) is 0 Å². The molecule has 1 rings (SSSR count). The minimum Gasteiger partial charge on any atom is -0.493 e. The predicted molar refractivity (Wildman–Crippen MR) is 253 cm³/mol. The summed E-state index contributed by atoms with van der Waals surface area (Å²) in [4.78, 5) is 49.4. The molecule has 364 valence electrons. The van der Waals surface area contributed by atoms with Crippen LogP contribution in [0.15, 0.2) is 18.2 Å². The number of rotatable bonds is 46. The van der Waals surface area contributed by atoms with E-state index in [4.69, 9.17) is 28.8 Å². The zero-order valence-corrected chi connectivity index (χ0v) is 40.3. The van der Waals surface area contributed by atoms with Crippen molar-refractivity contribution in [2.75, 3.05) is 26.4 Å². The van der Waals surface area contributed by atoms with Crippen LogP contribution in [0.5, 0.6) is 5.75 Å². The van der Waals surface area contributed by atoms with Gasteiger partial charge in [0, 0.05) is 13.0 Å². The van der Waals surface area contributed by atoms with Crippen LogP contribution in [0, 0.1) is 0 Å². The summed E-state index contributed by atoms with van der Waals surface area (Å²) in [6.45, 7) is 5.07. The molecule has 63 heavy (non-hydrogen) atoms. The molecule has 0 saturated heterocycles. The lowest BCUT2D eigenvalue weighted by molar-refractivity contribution is -0.157. The monoisotopic (exact) mass is 889 g/mol. The molecule has 0 aliphatic heterocycles. The molecule has 0 amide bonds. The van der Waals surface area contributed by atoms with Crippen molar-refractivity contribution in [2.45, 2.75) is 252 Å². The summed E-state index contributed by atoms with van der Waals surface area (Å²) in [6.07, 6.45) is 40.1. The fraction of sp³-hybridized carbons (Fsp3) is 0.811. The van der Waals surface area contributed by atoms with Crippen molar-refractivity contribution in [3.63, 3.8) is 0 Å². The first-order valence-electron chi connectivity index (χ1n) is 25.9. The highest BCUT2D eigenvalue weighted by Crippen LogP contribution is 2.21. The maximum atomic E-state index is 12.4. The van der Waals surface area contributed by atoms with Gasteiger partial charge in [-0.05, 0) is 42.2 Å². The van der Waals surface area contributed by atoms with Crippen molar-refractivity contribution in [2.24, 2.45) is 0 Å². The number of ether oxygens (including phenoxy) is 5. The molecule has 0 aliphatic rings. The topological polar surface area (TPSA) is 135 Å². The van der Waals surface area contributed by atoms with E-state index in [1.807, 2.05) is 0 Å². The van der Waals surface area contributed by atoms with Crippen molar-refractivity contribution in [1.29, 1.82) is 0 Å². The average Bonchev–Trinajstić information content (AvgIpc) is 3.27. The first kappa shape index (κ1) is 57.9. The fourth-order valence-electron chi connectivity index (χ4n) is 7.67. The van der Waals surface area contributed by atoms with Gasteiger partial charge >= 0.3 is 23.9 Å². The smallest absolute Gasteiger partial charge is 0.317 e. The summed E-state index contributed by atoms with van der Waals surface area (Å²) < 4.78 is 27.0. The van der Waals surface area contributed by atoms with Crippen LogP contribution in [0.2, 0.25) is 0 Å². The molecule has 0 spiro atoms. The van der Waals surface area contributed by atoms with E-state index in [2.05, 4.69) is 13.8 Å². The summed E-state index contributed by atoms with van der Waals surface area (Å²) >= 11 is 0. The van der Waals surface area contributed by atoms with Crippen LogP contribution in [-0.4, -0.2) is 55.4 Å². The number of hydrogen-bond donors (Lipinski definition) is 1. The molecule has 0 atom stereocenters. The van der Waals surface area contributed by atoms with Crippen molar-refractivity contribution in [1.82, 2.24) is 0 Å². The first-order valence-corrected chi connectivity index (χ1v) is 25.9. The third kappa shape index (κ3) is 39.0. The quantitative estimate of drug-likeness (QED) is 0.0292. The molecule has 0 saturated carbocycles. The SMILES string of the molecule is CCCCCCCCCCCCCCCCCCOC(=O)CC(=O)OCc1cc(COC(=O)CC(=O)OCCCCCCCCCCCCCCCCCC)cc(OCCCO)c1. The van der Waals surface area contributed by atoms with Gasteiger partial charge in [-0.2, -0.15) is 0 Å². The Hall–Kier alpha value is -3.14. The van der Waals surface area contributed by atoms with Gasteiger partial charge in [-0.25, -0.2) is 0 Å². The first-order chi connectivity index (χ1) is 30.9. The molecular weight excluding hydrogens is 797 g/mol. The predicted octanol–water partition coefficient (Wildman–Crippen LogP) is 13.9. The molecule has 0 heterocycles.